The summed E-state index contributed by atoms with van der Waals surface area (Å²) in [4.78, 5) is 24.3. The van der Waals surface area contributed by atoms with Gasteiger partial charge in [-0.25, -0.2) is 4.79 Å². The van der Waals surface area contributed by atoms with E-state index in [4.69, 9.17) is 14.5 Å². The van der Waals surface area contributed by atoms with Crippen molar-refractivity contribution >= 4 is 34.7 Å². The van der Waals surface area contributed by atoms with Crippen LogP contribution in [-0.2, 0) is 9.68 Å². The van der Waals surface area contributed by atoms with Crippen LogP contribution in [-0.4, -0.2) is 5.97 Å². The number of hydrogen-bond acceptors (Lipinski definition) is 5. The third-order valence-corrected chi connectivity index (χ3v) is 7.10. The molecule has 0 atom stereocenters. The number of carbonyl (C=O) groups excluding carboxylic acids is 1. The number of esters is 1. The zero-order valence-electron chi connectivity index (χ0n) is 25.6. The number of hydrogen-bond donors (Lipinski definition) is 0. The highest BCUT2D eigenvalue weighted by molar-refractivity contribution is 5.92. The third kappa shape index (κ3) is 7.98. The van der Waals surface area contributed by atoms with Crippen molar-refractivity contribution in [1.82, 2.24) is 0 Å². The summed E-state index contributed by atoms with van der Waals surface area (Å²) in [5.41, 5.74) is 9.61. The van der Waals surface area contributed by atoms with Gasteiger partial charge in [0.05, 0.1) is 0 Å². The van der Waals surface area contributed by atoms with Gasteiger partial charge in [0.15, 0.2) is 5.75 Å². The van der Waals surface area contributed by atoms with Crippen LogP contribution in [0, 0.1) is 13.8 Å². The Balaban J connectivity index is 1.51. The predicted octanol–water partition coefficient (Wildman–Crippen LogP) is 10.3. The molecular weight excluding hydrogens is 558 g/mol. The number of carbonyl (C=O) groups is 1. The van der Waals surface area contributed by atoms with Crippen molar-refractivity contribution in [3.63, 3.8) is 0 Å². The van der Waals surface area contributed by atoms with Crippen LogP contribution in [0.2, 0.25) is 0 Å². The largest absolute Gasteiger partial charge is 0.423 e. The van der Waals surface area contributed by atoms with Gasteiger partial charge in [-0.2, -0.15) is 0 Å². The zero-order chi connectivity index (χ0) is 31.6. The normalized spacial score (nSPS) is 11.2. The summed E-state index contributed by atoms with van der Waals surface area (Å²) >= 11 is 0. The number of rotatable bonds is 11. The Morgan fingerprint density at radius 1 is 0.644 bits per heavy atom. The van der Waals surface area contributed by atoms with Gasteiger partial charge in [0.25, 0.3) is 0 Å². The van der Waals surface area contributed by atoms with Crippen molar-refractivity contribution in [3.05, 3.63) is 174 Å². The molecule has 0 unspecified atom stereocenters. The van der Waals surface area contributed by atoms with Crippen molar-refractivity contribution < 1.29 is 19.3 Å². The van der Waals surface area contributed by atoms with E-state index < -0.39 is 5.97 Å². The highest BCUT2D eigenvalue weighted by Crippen LogP contribution is 2.36. The number of aryl methyl sites for hydroxylation is 2. The minimum Gasteiger partial charge on any atom is -0.423 e. The molecule has 0 aliphatic rings. The molecule has 0 heterocycles. The molecule has 0 aliphatic heterocycles. The molecule has 5 rings (SSSR count). The second-order valence-corrected chi connectivity index (χ2v) is 10.5. The molecule has 0 N–H and O–H groups in total. The van der Waals surface area contributed by atoms with Gasteiger partial charge in [0, 0.05) is 23.1 Å². The number of ether oxygens (including phenoxy) is 1. The lowest BCUT2D eigenvalue weighted by molar-refractivity contribution is -0.149. The lowest BCUT2D eigenvalue weighted by Crippen LogP contribution is -2.09. The smallest absolute Gasteiger partial charge is 0.335 e. The first-order valence-electron chi connectivity index (χ1n) is 14.7. The number of anilines is 3. The molecule has 0 spiro atoms. The van der Waals surface area contributed by atoms with Crippen LogP contribution >= 0.6 is 0 Å². The summed E-state index contributed by atoms with van der Waals surface area (Å²) in [6.45, 7) is 9.51. The quantitative estimate of drug-likeness (QED) is 0.0290. The number of allylic oxidation sites excluding steroid dienone is 1. The maximum atomic E-state index is 11.7. The Bertz CT molecular complexity index is 1740. The van der Waals surface area contributed by atoms with Crippen LogP contribution in [0.25, 0.3) is 11.6 Å². The standard InChI is InChI=1S/C40H35NO4/c1-5-27-43-45-38-25-15-33(16-26-38)39(32-13-23-37(24-14-32)44-40(42)6-2)28-31-11-21-36(22-12-31)41(34-17-7-29(3)8-18-34)35-19-9-30(4)10-20-35/h5-28H,2H2,1,3-4H3/b27-5+,39-28?. The summed E-state index contributed by atoms with van der Waals surface area (Å²) in [5, 5.41) is 0. The average Bonchev–Trinajstić information content (AvgIpc) is 3.07. The molecule has 0 saturated carbocycles. The summed E-state index contributed by atoms with van der Waals surface area (Å²) in [7, 11) is 0. The van der Waals surface area contributed by atoms with Crippen molar-refractivity contribution in [2.45, 2.75) is 20.8 Å². The predicted molar refractivity (Wildman–Crippen MR) is 183 cm³/mol. The maximum Gasteiger partial charge on any atom is 0.335 e. The first-order valence-corrected chi connectivity index (χ1v) is 14.7. The van der Waals surface area contributed by atoms with Crippen molar-refractivity contribution in [2.75, 3.05) is 4.90 Å². The molecule has 5 heteroatoms. The minimum atomic E-state index is -0.500. The molecule has 0 amide bonds. The monoisotopic (exact) mass is 593 g/mol. The van der Waals surface area contributed by atoms with Crippen molar-refractivity contribution in [2.24, 2.45) is 0 Å². The molecule has 0 aliphatic carbocycles. The number of nitrogens with zero attached hydrogens (tertiary/aromatic N) is 1. The van der Waals surface area contributed by atoms with Gasteiger partial charge in [0.1, 0.15) is 12.0 Å². The SMILES string of the molecule is C=CC(=O)Oc1ccc(C(=Cc2ccc(N(c3ccc(C)cc3)c3ccc(C)cc3)cc2)c2ccc(OO/C=C/C)cc2)cc1. The molecule has 5 aromatic carbocycles. The van der Waals surface area contributed by atoms with Gasteiger partial charge in [-0.3, -0.25) is 9.78 Å². The first-order chi connectivity index (χ1) is 21.9. The molecule has 0 radical (unpaired) electrons. The topological polar surface area (TPSA) is 48.0 Å². The summed E-state index contributed by atoms with van der Waals surface area (Å²) in [6.07, 6.45) is 6.51. The van der Waals surface area contributed by atoms with Crippen molar-refractivity contribution in [3.8, 4) is 11.5 Å². The molecule has 5 nitrogen and oxygen atoms in total. The molecule has 224 valence electrons. The van der Waals surface area contributed by atoms with E-state index in [0.29, 0.717) is 11.5 Å². The van der Waals surface area contributed by atoms with Crippen LogP contribution in [0.5, 0.6) is 11.5 Å². The lowest BCUT2D eigenvalue weighted by Gasteiger charge is -2.26. The van der Waals surface area contributed by atoms with Gasteiger partial charge in [0.2, 0.25) is 0 Å². The summed E-state index contributed by atoms with van der Waals surface area (Å²) in [5.74, 6) is 0.531. The Morgan fingerprint density at radius 2 is 1.11 bits per heavy atom. The van der Waals surface area contributed by atoms with E-state index >= 15 is 0 Å². The van der Waals surface area contributed by atoms with Crippen LogP contribution in [0.15, 0.2) is 146 Å². The van der Waals surface area contributed by atoms with E-state index in [1.807, 2.05) is 43.3 Å². The molecule has 0 saturated heterocycles. The molecule has 0 bridgehead atoms. The van der Waals surface area contributed by atoms with Crippen LogP contribution in [0.3, 0.4) is 0 Å². The summed E-state index contributed by atoms with van der Waals surface area (Å²) < 4.78 is 5.29. The van der Waals surface area contributed by atoms with E-state index in [2.05, 4.69) is 104 Å². The Kier molecular flexibility index (Phi) is 9.93. The molecule has 5 aromatic rings. The fraction of sp³-hybridized carbons (Fsp3) is 0.0750. The molecule has 45 heavy (non-hydrogen) atoms. The van der Waals surface area contributed by atoms with Crippen LogP contribution < -0.4 is 14.5 Å². The first kappa shape index (κ1) is 30.6. The van der Waals surface area contributed by atoms with Gasteiger partial charge >= 0.3 is 5.97 Å². The van der Waals surface area contributed by atoms with Crippen molar-refractivity contribution in [1.29, 1.82) is 0 Å². The summed E-state index contributed by atoms with van der Waals surface area (Å²) in [6, 6.07) is 40.7. The minimum absolute atomic E-state index is 0.449. The fourth-order valence-corrected chi connectivity index (χ4v) is 4.74. The maximum absolute atomic E-state index is 11.7. The highest BCUT2D eigenvalue weighted by Gasteiger charge is 2.13. The Hall–Kier alpha value is -5.81. The van der Waals surface area contributed by atoms with Gasteiger partial charge in [-0.15, -0.1) is 0 Å². The van der Waals surface area contributed by atoms with Gasteiger partial charge < -0.3 is 9.64 Å². The second kappa shape index (κ2) is 14.6. The van der Waals surface area contributed by atoms with Crippen LogP contribution in [0.1, 0.15) is 34.7 Å². The second-order valence-electron chi connectivity index (χ2n) is 10.5. The lowest BCUT2D eigenvalue weighted by atomic mass is 9.95. The number of benzene rings is 5. The van der Waals surface area contributed by atoms with E-state index in [0.717, 1.165) is 45.4 Å². The Morgan fingerprint density at radius 3 is 1.58 bits per heavy atom. The average molecular weight is 594 g/mol. The van der Waals surface area contributed by atoms with E-state index in [9.17, 15) is 4.79 Å². The Labute approximate surface area is 264 Å². The van der Waals surface area contributed by atoms with Crippen LogP contribution in [0.4, 0.5) is 17.1 Å². The molecular formula is C40H35NO4. The highest BCUT2D eigenvalue weighted by atomic mass is 17.2. The van der Waals surface area contributed by atoms with E-state index in [1.165, 1.54) is 17.4 Å². The fourth-order valence-electron chi connectivity index (χ4n) is 4.74. The molecule has 0 aromatic heterocycles. The third-order valence-electron chi connectivity index (χ3n) is 7.10. The van der Waals surface area contributed by atoms with E-state index in [-0.39, 0.29) is 0 Å². The zero-order valence-corrected chi connectivity index (χ0v) is 25.6. The van der Waals surface area contributed by atoms with Gasteiger partial charge in [-0.05, 0) is 116 Å². The van der Waals surface area contributed by atoms with Gasteiger partial charge in [-0.1, -0.05) is 78.4 Å². The molecule has 0 fully saturated rings. The van der Waals surface area contributed by atoms with E-state index in [1.54, 1.807) is 18.2 Å².